The summed E-state index contributed by atoms with van der Waals surface area (Å²) >= 11 is 1.38. The first-order valence-electron chi connectivity index (χ1n) is 10.5. The Morgan fingerprint density at radius 2 is 1.90 bits per heavy atom. The van der Waals surface area contributed by atoms with Gasteiger partial charge in [0.1, 0.15) is 11.6 Å². The fraction of sp³-hybridized carbons (Fsp3) is 0.375. The van der Waals surface area contributed by atoms with E-state index in [2.05, 4.69) is 28.4 Å². The molecular weight excluding hydrogens is 408 g/mol. The number of nitrogens with zero attached hydrogens (tertiary/aromatic N) is 3. The number of aromatic nitrogens is 2. The van der Waals surface area contributed by atoms with Gasteiger partial charge in [-0.25, -0.2) is 4.98 Å². The maximum atomic E-state index is 12.5. The van der Waals surface area contributed by atoms with Crippen molar-refractivity contribution in [3.05, 3.63) is 71.5 Å². The summed E-state index contributed by atoms with van der Waals surface area (Å²) in [7, 11) is 1.66. The van der Waals surface area contributed by atoms with Crippen molar-refractivity contribution in [3.63, 3.8) is 0 Å². The van der Waals surface area contributed by atoms with Gasteiger partial charge in [-0.1, -0.05) is 42.5 Å². The molecule has 1 aromatic heterocycles. The number of methoxy groups -OCH3 is 1. The quantitative estimate of drug-likeness (QED) is 0.500. The zero-order chi connectivity index (χ0) is 22.2. The number of anilines is 1. The molecule has 1 heterocycles. The Bertz CT molecular complexity index is 974. The number of amides is 1. The Balaban J connectivity index is 1.58. The predicted molar refractivity (Wildman–Crippen MR) is 126 cm³/mol. The fourth-order valence-corrected chi connectivity index (χ4v) is 4.18. The molecule has 1 atom stereocenters. The molecule has 0 aliphatic carbocycles. The summed E-state index contributed by atoms with van der Waals surface area (Å²) in [6.45, 7) is 6.81. The van der Waals surface area contributed by atoms with Gasteiger partial charge in [0, 0.05) is 37.0 Å². The van der Waals surface area contributed by atoms with Gasteiger partial charge in [-0.3, -0.25) is 4.79 Å². The highest BCUT2D eigenvalue weighted by molar-refractivity contribution is 7.09. The van der Waals surface area contributed by atoms with Gasteiger partial charge < -0.3 is 15.0 Å². The summed E-state index contributed by atoms with van der Waals surface area (Å²) in [4.78, 5) is 19.4. The van der Waals surface area contributed by atoms with Gasteiger partial charge in [0.15, 0.2) is 0 Å². The smallest absolute Gasteiger partial charge is 0.222 e. The Hall–Kier alpha value is -2.93. The normalized spacial score (nSPS) is 11.9. The third-order valence-electron chi connectivity index (χ3n) is 5.08. The highest BCUT2D eigenvalue weighted by Gasteiger charge is 2.18. The van der Waals surface area contributed by atoms with E-state index in [0.29, 0.717) is 19.4 Å². The van der Waals surface area contributed by atoms with Crippen LogP contribution in [0.5, 0.6) is 5.75 Å². The third-order valence-corrected chi connectivity index (χ3v) is 5.87. The van der Waals surface area contributed by atoms with Crippen molar-refractivity contribution >= 4 is 22.6 Å². The Kier molecular flexibility index (Phi) is 8.00. The second-order valence-electron chi connectivity index (χ2n) is 7.76. The summed E-state index contributed by atoms with van der Waals surface area (Å²) in [6.07, 6.45) is 1.05. The van der Waals surface area contributed by atoms with Crippen LogP contribution in [0.2, 0.25) is 0 Å². The average Bonchev–Trinajstić information content (AvgIpc) is 3.22. The van der Waals surface area contributed by atoms with Crippen molar-refractivity contribution in [3.8, 4) is 5.75 Å². The molecule has 0 bridgehead atoms. The van der Waals surface area contributed by atoms with Gasteiger partial charge in [-0.05, 0) is 44.0 Å². The molecule has 2 aromatic carbocycles. The standard InChI is InChI=1S/C24H30N4O2S/c1-17(2)28(14-13-23(29)25-18(3)20-10-6-5-7-11-20)24-26-22(27-31-24)16-19-9-8-12-21(15-19)30-4/h5-12,15,17-18H,13-14,16H2,1-4H3,(H,25,29). The highest BCUT2D eigenvalue weighted by atomic mass is 32.1. The minimum absolute atomic E-state index is 0.0165. The van der Waals surface area contributed by atoms with Crippen molar-refractivity contribution in [2.75, 3.05) is 18.6 Å². The molecule has 0 saturated carbocycles. The number of benzene rings is 2. The molecule has 3 rings (SSSR count). The van der Waals surface area contributed by atoms with Crippen LogP contribution in [0.3, 0.4) is 0 Å². The fourth-order valence-electron chi connectivity index (χ4n) is 3.33. The number of carbonyl (C=O) groups is 1. The van der Waals surface area contributed by atoms with E-state index >= 15 is 0 Å². The maximum absolute atomic E-state index is 12.5. The van der Waals surface area contributed by atoms with Crippen LogP contribution < -0.4 is 15.0 Å². The first kappa shape index (κ1) is 22.7. The van der Waals surface area contributed by atoms with E-state index < -0.39 is 0 Å². The maximum Gasteiger partial charge on any atom is 0.222 e. The molecule has 164 valence electrons. The number of nitrogens with one attached hydrogen (secondary N) is 1. The van der Waals surface area contributed by atoms with Gasteiger partial charge in [0.05, 0.1) is 13.2 Å². The van der Waals surface area contributed by atoms with Crippen LogP contribution in [0, 0.1) is 0 Å². The van der Waals surface area contributed by atoms with Crippen LogP contribution >= 0.6 is 11.5 Å². The zero-order valence-electron chi connectivity index (χ0n) is 18.5. The summed E-state index contributed by atoms with van der Waals surface area (Å²) < 4.78 is 9.83. The molecule has 0 aliphatic heterocycles. The topological polar surface area (TPSA) is 67.3 Å². The van der Waals surface area contributed by atoms with E-state index in [0.717, 1.165) is 27.8 Å². The molecule has 7 heteroatoms. The van der Waals surface area contributed by atoms with Crippen molar-refractivity contribution in [2.24, 2.45) is 0 Å². The Labute approximate surface area is 188 Å². The zero-order valence-corrected chi connectivity index (χ0v) is 19.4. The highest BCUT2D eigenvalue weighted by Crippen LogP contribution is 2.22. The minimum atomic E-state index is -0.0165. The molecule has 1 unspecified atom stereocenters. The molecule has 3 aromatic rings. The van der Waals surface area contributed by atoms with Gasteiger partial charge in [0.25, 0.3) is 0 Å². The molecule has 1 amide bonds. The molecule has 0 fully saturated rings. The van der Waals surface area contributed by atoms with E-state index in [1.54, 1.807) is 7.11 Å². The lowest BCUT2D eigenvalue weighted by atomic mass is 10.1. The Morgan fingerprint density at radius 1 is 1.13 bits per heavy atom. The van der Waals surface area contributed by atoms with Crippen molar-refractivity contribution < 1.29 is 9.53 Å². The second kappa shape index (κ2) is 10.9. The third kappa shape index (κ3) is 6.52. The van der Waals surface area contributed by atoms with E-state index in [1.165, 1.54) is 11.5 Å². The molecule has 6 nitrogen and oxygen atoms in total. The monoisotopic (exact) mass is 438 g/mol. The first-order chi connectivity index (χ1) is 15.0. The van der Waals surface area contributed by atoms with Crippen LogP contribution in [0.1, 0.15) is 50.2 Å². The summed E-state index contributed by atoms with van der Waals surface area (Å²) in [6, 6.07) is 18.1. The largest absolute Gasteiger partial charge is 0.497 e. The predicted octanol–water partition coefficient (Wildman–Crippen LogP) is 4.62. The number of carbonyl (C=O) groups excluding carboxylic acids is 1. The lowest BCUT2D eigenvalue weighted by molar-refractivity contribution is -0.121. The van der Waals surface area contributed by atoms with Crippen molar-refractivity contribution in [1.82, 2.24) is 14.7 Å². The van der Waals surface area contributed by atoms with Crippen molar-refractivity contribution in [1.29, 1.82) is 0 Å². The van der Waals surface area contributed by atoms with Crippen molar-refractivity contribution in [2.45, 2.75) is 45.7 Å². The Morgan fingerprint density at radius 3 is 2.61 bits per heavy atom. The summed E-state index contributed by atoms with van der Waals surface area (Å²) in [5.41, 5.74) is 2.21. The van der Waals surface area contributed by atoms with Crippen LogP contribution in [-0.2, 0) is 11.2 Å². The van der Waals surface area contributed by atoms with Gasteiger partial charge in [-0.2, -0.15) is 4.37 Å². The molecule has 0 aliphatic rings. The summed E-state index contributed by atoms with van der Waals surface area (Å²) in [5, 5.41) is 3.92. The molecule has 1 N–H and O–H groups in total. The van der Waals surface area contributed by atoms with E-state index in [-0.39, 0.29) is 18.0 Å². The molecule has 0 spiro atoms. The minimum Gasteiger partial charge on any atom is -0.497 e. The van der Waals surface area contributed by atoms with Crippen LogP contribution in [0.15, 0.2) is 54.6 Å². The molecule has 31 heavy (non-hydrogen) atoms. The number of rotatable bonds is 10. The van der Waals surface area contributed by atoms with E-state index in [4.69, 9.17) is 9.72 Å². The summed E-state index contributed by atoms with van der Waals surface area (Å²) in [5.74, 6) is 1.64. The molecular formula is C24H30N4O2S. The van der Waals surface area contributed by atoms with Gasteiger partial charge in [-0.15, -0.1) is 0 Å². The SMILES string of the molecule is COc1cccc(Cc2nsc(N(CCC(=O)NC(C)c3ccccc3)C(C)C)n2)c1. The average molecular weight is 439 g/mol. The second-order valence-corrected chi connectivity index (χ2v) is 8.49. The number of ether oxygens (including phenoxy) is 1. The number of hydrogen-bond donors (Lipinski definition) is 1. The van der Waals surface area contributed by atoms with E-state index in [9.17, 15) is 4.79 Å². The first-order valence-corrected chi connectivity index (χ1v) is 11.3. The van der Waals surface area contributed by atoms with Gasteiger partial charge >= 0.3 is 0 Å². The van der Waals surface area contributed by atoms with Crippen LogP contribution in [-0.4, -0.2) is 35.0 Å². The number of hydrogen-bond acceptors (Lipinski definition) is 6. The van der Waals surface area contributed by atoms with Crippen LogP contribution in [0.25, 0.3) is 0 Å². The molecule has 0 radical (unpaired) electrons. The van der Waals surface area contributed by atoms with Crippen LogP contribution in [0.4, 0.5) is 5.13 Å². The molecule has 0 saturated heterocycles. The van der Waals surface area contributed by atoms with E-state index in [1.807, 2.05) is 61.5 Å². The lowest BCUT2D eigenvalue weighted by Gasteiger charge is -2.25. The van der Waals surface area contributed by atoms with Gasteiger partial charge in [0.2, 0.25) is 11.0 Å². The lowest BCUT2D eigenvalue weighted by Crippen LogP contribution is -2.36.